The highest BCUT2D eigenvalue weighted by Gasteiger charge is 2.69. The van der Waals surface area contributed by atoms with E-state index in [-0.39, 0.29) is 29.6 Å². The predicted molar refractivity (Wildman–Crippen MR) is 133 cm³/mol. The molecule has 2 saturated carbocycles. The fourth-order valence-corrected chi connectivity index (χ4v) is 6.34. The maximum atomic E-state index is 13.8. The molecule has 0 bridgehead atoms. The third-order valence-electron chi connectivity index (χ3n) is 7.99. The molecule has 37 heavy (non-hydrogen) atoms. The van der Waals surface area contributed by atoms with Crippen molar-refractivity contribution in [2.45, 2.75) is 51.8 Å². The van der Waals surface area contributed by atoms with Gasteiger partial charge in [-0.15, -0.1) is 0 Å². The molecule has 2 unspecified atom stereocenters. The van der Waals surface area contributed by atoms with Crippen LogP contribution in [0.15, 0.2) is 12.1 Å². The first-order valence-electron chi connectivity index (χ1n) is 12.5. The summed E-state index contributed by atoms with van der Waals surface area (Å²) in [4.78, 5) is 67.4. The van der Waals surface area contributed by atoms with Gasteiger partial charge in [-0.25, -0.2) is 0 Å². The number of aliphatic hydroxyl groups is 1. The van der Waals surface area contributed by atoms with Crippen molar-refractivity contribution >= 4 is 29.0 Å². The topological polar surface area (TPSA) is 167 Å². The van der Waals surface area contributed by atoms with Gasteiger partial charge in [0.05, 0.1) is 17.5 Å². The lowest BCUT2D eigenvalue weighted by atomic mass is 9.52. The van der Waals surface area contributed by atoms with E-state index in [9.17, 15) is 34.2 Å². The number of Topliss-reactive ketones (excluding diaryl/α,β-unsaturated/α-hetero) is 4. The summed E-state index contributed by atoms with van der Waals surface area (Å²) in [6.07, 6.45) is 0.300. The SMILES string of the molecule is CN(C)[C@H]1C(=O)C(C(N)=O)C(=O)[C@]2(O)C(=O)C3C(=O)c4c(ccc(CNCC(C)(C)C)c4O)C[C@@H]3C[C@H]12. The number of hydrogen-bond donors (Lipinski definition) is 4. The fraction of sp³-hybridized carbons (Fsp3) is 0.593. The molecule has 6 atom stereocenters. The summed E-state index contributed by atoms with van der Waals surface area (Å²) in [5, 5.41) is 25.9. The second kappa shape index (κ2) is 9.11. The number of likely N-dealkylation sites (N-methyl/N-ethyl adjacent to an activating group) is 1. The predicted octanol–water partition coefficient (Wildman–Crippen LogP) is 0.00270. The number of phenolic OH excluding ortho intramolecular Hbond substituents is 1. The monoisotopic (exact) mass is 513 g/mol. The molecule has 2 fully saturated rings. The molecule has 0 heterocycles. The van der Waals surface area contributed by atoms with E-state index in [0.29, 0.717) is 24.2 Å². The molecule has 0 spiro atoms. The molecule has 10 heteroatoms. The summed E-state index contributed by atoms with van der Waals surface area (Å²) in [6.45, 7) is 7.17. The van der Waals surface area contributed by atoms with Crippen LogP contribution in [-0.2, 0) is 32.1 Å². The molecule has 200 valence electrons. The van der Waals surface area contributed by atoms with Gasteiger partial charge in [0.15, 0.2) is 34.7 Å². The Morgan fingerprint density at radius 1 is 1.16 bits per heavy atom. The Kier molecular flexibility index (Phi) is 6.67. The third kappa shape index (κ3) is 4.20. The summed E-state index contributed by atoms with van der Waals surface area (Å²) < 4.78 is 0. The van der Waals surface area contributed by atoms with Crippen molar-refractivity contribution < 1.29 is 34.2 Å². The minimum Gasteiger partial charge on any atom is -0.507 e. The number of benzene rings is 1. The number of aromatic hydroxyl groups is 1. The summed E-state index contributed by atoms with van der Waals surface area (Å²) >= 11 is 0. The first-order valence-corrected chi connectivity index (χ1v) is 12.5. The molecule has 1 aromatic rings. The number of phenols is 1. The largest absolute Gasteiger partial charge is 0.507 e. The van der Waals surface area contributed by atoms with Crippen LogP contribution in [0.25, 0.3) is 0 Å². The number of nitrogens with one attached hydrogen (secondary N) is 1. The molecular formula is C27H35N3O7. The standard InChI is InChI=1S/C27H35N3O7/c1-26(2,3)11-29-10-13-7-6-12-8-14-9-15-19(30(4)5)22(33)18(25(28)36)24(35)27(15,37)23(34)17(14)21(32)16(12)20(13)31/h6-7,14-15,17-19,29,31,37H,8-11H2,1-5H3,(H2,28,36)/t14-,15-,17?,18?,19-,27-/m1/s1. The number of hydrogen-bond acceptors (Lipinski definition) is 9. The van der Waals surface area contributed by atoms with Crippen molar-refractivity contribution in [3.63, 3.8) is 0 Å². The molecule has 3 aliphatic rings. The van der Waals surface area contributed by atoms with Crippen LogP contribution < -0.4 is 11.1 Å². The van der Waals surface area contributed by atoms with Gasteiger partial charge >= 0.3 is 0 Å². The number of fused-ring (bicyclic) bond motifs is 3. The van der Waals surface area contributed by atoms with Gasteiger partial charge in [-0.2, -0.15) is 0 Å². The second-order valence-corrected chi connectivity index (χ2v) is 12.1. The number of primary amides is 1. The summed E-state index contributed by atoms with van der Waals surface area (Å²) in [5.74, 6) is -10.2. The highest BCUT2D eigenvalue weighted by atomic mass is 16.3. The smallest absolute Gasteiger partial charge is 0.235 e. The molecule has 0 radical (unpaired) electrons. The summed E-state index contributed by atoms with van der Waals surface area (Å²) in [6, 6.07) is 2.39. The first-order chi connectivity index (χ1) is 17.1. The lowest BCUT2D eigenvalue weighted by Gasteiger charge is -2.52. The van der Waals surface area contributed by atoms with Crippen LogP contribution in [0.3, 0.4) is 0 Å². The molecule has 0 aliphatic heterocycles. The molecule has 5 N–H and O–H groups in total. The number of rotatable bonds is 5. The van der Waals surface area contributed by atoms with Gasteiger partial charge < -0.3 is 21.3 Å². The lowest BCUT2D eigenvalue weighted by Crippen LogP contribution is -2.74. The first kappa shape index (κ1) is 27.1. The van der Waals surface area contributed by atoms with Crippen LogP contribution >= 0.6 is 0 Å². The lowest BCUT2D eigenvalue weighted by molar-refractivity contribution is -0.181. The second-order valence-electron chi connectivity index (χ2n) is 12.1. The number of amides is 1. The Bertz CT molecular complexity index is 1200. The molecule has 1 amide bonds. The van der Waals surface area contributed by atoms with Crippen LogP contribution in [0.5, 0.6) is 5.75 Å². The quantitative estimate of drug-likeness (QED) is 0.396. The number of ketones is 4. The van der Waals surface area contributed by atoms with Crippen molar-refractivity contribution in [2.24, 2.45) is 34.8 Å². The van der Waals surface area contributed by atoms with Crippen LogP contribution in [-0.4, -0.2) is 76.4 Å². The number of carbonyl (C=O) groups is 5. The van der Waals surface area contributed by atoms with Gasteiger partial charge in [0, 0.05) is 24.6 Å². The zero-order chi connectivity index (χ0) is 27.6. The Morgan fingerprint density at radius 3 is 2.38 bits per heavy atom. The van der Waals surface area contributed by atoms with E-state index in [0.717, 1.165) is 0 Å². The minimum absolute atomic E-state index is 0.00841. The number of nitrogens with zero attached hydrogens (tertiary/aromatic N) is 1. The minimum atomic E-state index is -2.71. The van der Waals surface area contributed by atoms with E-state index in [4.69, 9.17) is 5.73 Å². The molecule has 10 nitrogen and oxygen atoms in total. The molecule has 3 aliphatic carbocycles. The summed E-state index contributed by atoms with van der Waals surface area (Å²) in [7, 11) is 3.12. The van der Waals surface area contributed by atoms with Gasteiger partial charge in [-0.1, -0.05) is 32.9 Å². The van der Waals surface area contributed by atoms with E-state index in [2.05, 4.69) is 26.1 Å². The Balaban J connectivity index is 1.74. The van der Waals surface area contributed by atoms with E-state index < -0.39 is 64.4 Å². The van der Waals surface area contributed by atoms with Gasteiger partial charge in [-0.3, -0.25) is 28.9 Å². The normalized spacial score (nSPS) is 31.7. The highest BCUT2D eigenvalue weighted by molar-refractivity contribution is 6.32. The fourth-order valence-electron chi connectivity index (χ4n) is 6.34. The zero-order valence-corrected chi connectivity index (χ0v) is 21.8. The molecule has 0 aromatic heterocycles. The molecule has 1 aromatic carbocycles. The average molecular weight is 514 g/mol. The van der Waals surface area contributed by atoms with Crippen molar-refractivity contribution in [1.82, 2.24) is 10.2 Å². The van der Waals surface area contributed by atoms with Crippen molar-refractivity contribution in [3.8, 4) is 5.75 Å². The zero-order valence-electron chi connectivity index (χ0n) is 21.8. The molecule has 4 rings (SSSR count). The summed E-state index contributed by atoms with van der Waals surface area (Å²) in [5.41, 5.74) is 3.72. The number of carbonyl (C=O) groups excluding carboxylic acids is 5. The Hall–Kier alpha value is -2.95. The van der Waals surface area contributed by atoms with Crippen molar-refractivity contribution in [1.29, 1.82) is 0 Å². The van der Waals surface area contributed by atoms with Crippen LogP contribution in [0.2, 0.25) is 0 Å². The van der Waals surface area contributed by atoms with E-state index >= 15 is 0 Å². The van der Waals surface area contributed by atoms with E-state index in [1.54, 1.807) is 26.2 Å². The third-order valence-corrected chi connectivity index (χ3v) is 7.99. The number of nitrogens with two attached hydrogens (primary N) is 1. The van der Waals surface area contributed by atoms with Gasteiger partial charge in [-0.05, 0) is 43.8 Å². The van der Waals surface area contributed by atoms with Crippen molar-refractivity contribution in [2.75, 3.05) is 20.6 Å². The van der Waals surface area contributed by atoms with Gasteiger partial charge in [0.2, 0.25) is 5.91 Å². The maximum Gasteiger partial charge on any atom is 0.235 e. The Labute approximate surface area is 215 Å². The average Bonchev–Trinajstić information content (AvgIpc) is 2.76. The van der Waals surface area contributed by atoms with Gasteiger partial charge in [0.25, 0.3) is 0 Å². The highest BCUT2D eigenvalue weighted by Crippen LogP contribution is 2.50. The maximum absolute atomic E-state index is 13.8. The van der Waals surface area contributed by atoms with Crippen LogP contribution in [0.4, 0.5) is 0 Å². The van der Waals surface area contributed by atoms with Crippen LogP contribution in [0.1, 0.15) is 48.7 Å². The van der Waals surface area contributed by atoms with Crippen molar-refractivity contribution in [3.05, 3.63) is 28.8 Å². The molecule has 0 saturated heterocycles. The Morgan fingerprint density at radius 2 is 1.81 bits per heavy atom. The van der Waals surface area contributed by atoms with Gasteiger partial charge in [0.1, 0.15) is 5.75 Å². The van der Waals surface area contributed by atoms with E-state index in [1.165, 1.54) is 4.90 Å². The van der Waals surface area contributed by atoms with E-state index in [1.807, 2.05) is 0 Å². The molecular weight excluding hydrogens is 478 g/mol. The van der Waals surface area contributed by atoms with Crippen LogP contribution in [0, 0.1) is 29.1 Å².